The van der Waals surface area contributed by atoms with Crippen LogP contribution >= 0.6 is 0 Å². The Labute approximate surface area is 185 Å². The van der Waals surface area contributed by atoms with Gasteiger partial charge in [0.25, 0.3) is 5.91 Å². The minimum absolute atomic E-state index is 0.169. The normalized spacial score (nSPS) is 14.8. The minimum atomic E-state index is -4.34. The molecule has 1 aliphatic rings. The number of nitrogens with one attached hydrogen (secondary N) is 2. The van der Waals surface area contributed by atoms with Crippen molar-refractivity contribution in [2.45, 2.75) is 19.5 Å². The van der Waals surface area contributed by atoms with Crippen LogP contribution in [0.15, 0.2) is 48.5 Å². The van der Waals surface area contributed by atoms with E-state index in [1.165, 1.54) is 19.1 Å². The zero-order valence-corrected chi connectivity index (χ0v) is 17.9. The molecule has 2 N–H and O–H groups in total. The number of alkyl halides is 3. The molecule has 0 bridgehead atoms. The molecular weight excluding hydrogens is 421 g/mol. The highest BCUT2D eigenvalue weighted by atomic mass is 19.4. The molecule has 2 aromatic carbocycles. The molecule has 3 rings (SSSR count). The molecule has 0 atom stereocenters. The van der Waals surface area contributed by atoms with Gasteiger partial charge < -0.3 is 15.5 Å². The number of carbonyl (C=O) groups is 2. The number of halogens is 3. The van der Waals surface area contributed by atoms with Crippen molar-refractivity contribution in [2.24, 2.45) is 0 Å². The molecule has 0 unspecified atom stereocenters. The molecule has 6 nitrogen and oxygen atoms in total. The fourth-order valence-electron chi connectivity index (χ4n) is 3.62. The summed E-state index contributed by atoms with van der Waals surface area (Å²) in [5.74, 6) is -0.341. The van der Waals surface area contributed by atoms with E-state index in [1.807, 2.05) is 4.90 Å². The van der Waals surface area contributed by atoms with Crippen LogP contribution in [-0.4, -0.2) is 56.0 Å². The van der Waals surface area contributed by atoms with E-state index in [2.05, 4.69) is 15.5 Å². The van der Waals surface area contributed by atoms with Gasteiger partial charge in [-0.25, -0.2) is 0 Å². The number of amides is 2. The summed E-state index contributed by atoms with van der Waals surface area (Å²) >= 11 is 0. The monoisotopic (exact) mass is 448 g/mol. The van der Waals surface area contributed by atoms with Gasteiger partial charge in [-0.05, 0) is 55.4 Å². The van der Waals surface area contributed by atoms with Gasteiger partial charge in [-0.15, -0.1) is 0 Å². The Kier molecular flexibility index (Phi) is 7.74. The topological polar surface area (TPSA) is 64.7 Å². The van der Waals surface area contributed by atoms with E-state index >= 15 is 0 Å². The summed E-state index contributed by atoms with van der Waals surface area (Å²) in [5.41, 5.74) is 1.13. The number of hydrogen-bond donors (Lipinski definition) is 2. The predicted molar refractivity (Wildman–Crippen MR) is 118 cm³/mol. The third kappa shape index (κ3) is 6.71. The van der Waals surface area contributed by atoms with Crippen LogP contribution in [0.3, 0.4) is 0 Å². The lowest BCUT2D eigenvalue weighted by atomic mass is 10.1. The molecular formula is C23H27F3N4O2. The SMILES string of the molecule is CC(=O)Nc1ccc(C(=O)NCCCN2CCN(c3cccc(C(F)(F)F)c3)CC2)cc1. The van der Waals surface area contributed by atoms with Gasteiger partial charge >= 0.3 is 6.18 Å². The summed E-state index contributed by atoms with van der Waals surface area (Å²) in [6, 6.07) is 12.1. The van der Waals surface area contributed by atoms with E-state index in [1.54, 1.807) is 30.3 Å². The maximum atomic E-state index is 12.9. The first-order valence-electron chi connectivity index (χ1n) is 10.5. The average Bonchev–Trinajstić information content (AvgIpc) is 2.76. The summed E-state index contributed by atoms with van der Waals surface area (Å²) in [7, 11) is 0. The lowest BCUT2D eigenvalue weighted by molar-refractivity contribution is -0.137. The Balaban J connectivity index is 1.37. The van der Waals surface area contributed by atoms with E-state index in [4.69, 9.17) is 0 Å². The Morgan fingerprint density at radius 1 is 1.00 bits per heavy atom. The molecule has 32 heavy (non-hydrogen) atoms. The molecule has 0 spiro atoms. The molecule has 0 aromatic heterocycles. The van der Waals surface area contributed by atoms with E-state index in [0.29, 0.717) is 36.6 Å². The first-order chi connectivity index (χ1) is 15.2. The van der Waals surface area contributed by atoms with Crippen molar-refractivity contribution in [1.82, 2.24) is 10.2 Å². The summed E-state index contributed by atoms with van der Waals surface area (Å²) in [5, 5.41) is 5.54. The molecule has 1 saturated heterocycles. The zero-order chi connectivity index (χ0) is 23.1. The number of hydrogen-bond acceptors (Lipinski definition) is 4. The van der Waals surface area contributed by atoms with Crippen molar-refractivity contribution in [1.29, 1.82) is 0 Å². The molecule has 0 aliphatic carbocycles. The van der Waals surface area contributed by atoms with Crippen LogP contribution in [0.5, 0.6) is 0 Å². The van der Waals surface area contributed by atoms with Gasteiger partial charge in [-0.3, -0.25) is 14.5 Å². The van der Waals surface area contributed by atoms with E-state index in [-0.39, 0.29) is 11.8 Å². The van der Waals surface area contributed by atoms with E-state index in [9.17, 15) is 22.8 Å². The van der Waals surface area contributed by atoms with Crippen LogP contribution in [0, 0.1) is 0 Å². The lowest BCUT2D eigenvalue weighted by Crippen LogP contribution is -2.47. The Morgan fingerprint density at radius 3 is 2.31 bits per heavy atom. The minimum Gasteiger partial charge on any atom is -0.369 e. The Morgan fingerprint density at radius 2 is 1.69 bits per heavy atom. The zero-order valence-electron chi connectivity index (χ0n) is 17.9. The van der Waals surface area contributed by atoms with Crippen molar-refractivity contribution in [3.63, 3.8) is 0 Å². The highest BCUT2D eigenvalue weighted by Crippen LogP contribution is 2.31. The number of piperazine rings is 1. The smallest absolute Gasteiger partial charge is 0.369 e. The second kappa shape index (κ2) is 10.5. The molecule has 1 heterocycles. The number of carbonyl (C=O) groups excluding carboxylic acids is 2. The standard InChI is InChI=1S/C23H27F3N4O2/c1-17(31)28-20-8-6-18(7-9-20)22(32)27-10-3-11-29-12-14-30(15-13-29)21-5-2-4-19(16-21)23(24,25)26/h2,4-9,16H,3,10-15H2,1H3,(H,27,32)(H,28,31). The number of rotatable bonds is 7. The maximum absolute atomic E-state index is 12.9. The Bertz CT molecular complexity index is 924. The van der Waals surface area contributed by atoms with E-state index < -0.39 is 11.7 Å². The predicted octanol–water partition coefficient (Wildman–Crippen LogP) is 3.61. The average molecular weight is 448 g/mol. The molecule has 0 radical (unpaired) electrons. The summed E-state index contributed by atoms with van der Waals surface area (Å²) < 4.78 is 38.8. The second-order valence-electron chi connectivity index (χ2n) is 7.74. The van der Waals surface area contributed by atoms with Gasteiger partial charge in [0.15, 0.2) is 0 Å². The van der Waals surface area contributed by atoms with Gasteiger partial charge in [0, 0.05) is 56.6 Å². The van der Waals surface area contributed by atoms with Gasteiger partial charge in [-0.2, -0.15) is 13.2 Å². The molecule has 172 valence electrons. The third-order valence-corrected chi connectivity index (χ3v) is 5.32. The number of nitrogens with zero attached hydrogens (tertiary/aromatic N) is 2. The van der Waals surface area contributed by atoms with Crippen molar-refractivity contribution >= 4 is 23.2 Å². The van der Waals surface area contributed by atoms with E-state index in [0.717, 1.165) is 32.1 Å². The Hall–Kier alpha value is -3.07. The van der Waals surface area contributed by atoms with Crippen molar-refractivity contribution in [3.8, 4) is 0 Å². The van der Waals surface area contributed by atoms with Gasteiger partial charge in [0.05, 0.1) is 5.56 Å². The largest absolute Gasteiger partial charge is 0.416 e. The summed E-state index contributed by atoms with van der Waals surface area (Å²) in [6.07, 6.45) is -3.56. The van der Waals surface area contributed by atoms with Crippen molar-refractivity contribution < 1.29 is 22.8 Å². The van der Waals surface area contributed by atoms with Crippen LogP contribution in [0.2, 0.25) is 0 Å². The van der Waals surface area contributed by atoms with Crippen molar-refractivity contribution in [3.05, 3.63) is 59.7 Å². The van der Waals surface area contributed by atoms with Gasteiger partial charge in [0.2, 0.25) is 5.91 Å². The summed E-state index contributed by atoms with van der Waals surface area (Å²) in [4.78, 5) is 27.5. The first-order valence-corrected chi connectivity index (χ1v) is 10.5. The van der Waals surface area contributed by atoms with Gasteiger partial charge in [0.1, 0.15) is 0 Å². The summed E-state index contributed by atoms with van der Waals surface area (Å²) in [6.45, 7) is 5.59. The van der Waals surface area contributed by atoms with Gasteiger partial charge in [-0.1, -0.05) is 6.07 Å². The molecule has 1 fully saturated rings. The maximum Gasteiger partial charge on any atom is 0.416 e. The number of benzene rings is 2. The van der Waals surface area contributed by atoms with Crippen LogP contribution in [-0.2, 0) is 11.0 Å². The highest BCUT2D eigenvalue weighted by Gasteiger charge is 2.31. The quantitative estimate of drug-likeness (QED) is 0.636. The molecule has 2 aromatic rings. The first kappa shape index (κ1) is 23.6. The fraction of sp³-hybridized carbons (Fsp3) is 0.391. The fourth-order valence-corrected chi connectivity index (χ4v) is 3.62. The lowest BCUT2D eigenvalue weighted by Gasteiger charge is -2.36. The molecule has 9 heteroatoms. The third-order valence-electron chi connectivity index (χ3n) is 5.32. The second-order valence-corrected chi connectivity index (χ2v) is 7.74. The molecule has 1 aliphatic heterocycles. The van der Waals surface area contributed by atoms with Crippen LogP contribution in [0.4, 0.5) is 24.5 Å². The molecule has 0 saturated carbocycles. The number of anilines is 2. The van der Waals surface area contributed by atoms with Crippen molar-refractivity contribution in [2.75, 3.05) is 49.5 Å². The highest BCUT2D eigenvalue weighted by molar-refractivity contribution is 5.95. The molecule has 2 amide bonds. The van der Waals surface area contributed by atoms with Crippen LogP contribution in [0.25, 0.3) is 0 Å². The van der Waals surface area contributed by atoms with Crippen LogP contribution < -0.4 is 15.5 Å². The van der Waals surface area contributed by atoms with Crippen LogP contribution in [0.1, 0.15) is 29.3 Å².